The van der Waals surface area contributed by atoms with Crippen LogP contribution < -0.4 is 5.32 Å². The predicted octanol–water partition coefficient (Wildman–Crippen LogP) is 1.08. The summed E-state index contributed by atoms with van der Waals surface area (Å²) in [6, 6.07) is 0.527. The van der Waals surface area contributed by atoms with E-state index in [1.54, 1.807) is 0 Å². The Labute approximate surface area is 62.7 Å². The molecule has 0 saturated heterocycles. The normalized spacial score (nSPS) is 32.6. The van der Waals surface area contributed by atoms with Crippen molar-refractivity contribution in [3.8, 4) is 0 Å². The van der Waals surface area contributed by atoms with Crippen molar-refractivity contribution in [1.82, 2.24) is 5.32 Å². The third-order valence-corrected chi connectivity index (χ3v) is 2.18. The van der Waals surface area contributed by atoms with Gasteiger partial charge in [0.1, 0.15) is 0 Å². The zero-order valence-electron chi connectivity index (χ0n) is 6.80. The van der Waals surface area contributed by atoms with Crippen molar-refractivity contribution in [2.45, 2.75) is 25.8 Å². The lowest BCUT2D eigenvalue weighted by atomic mass is 9.96. The van der Waals surface area contributed by atoms with E-state index in [1.165, 1.54) is 12.8 Å². The SMILES string of the molecule is CCC1CN=CC(NC)C1. The first-order valence-corrected chi connectivity index (χ1v) is 4.04. The van der Waals surface area contributed by atoms with Gasteiger partial charge in [-0.25, -0.2) is 0 Å². The summed E-state index contributed by atoms with van der Waals surface area (Å²) in [4.78, 5) is 4.29. The minimum Gasteiger partial charge on any atom is -0.312 e. The predicted molar refractivity (Wildman–Crippen MR) is 44.6 cm³/mol. The van der Waals surface area contributed by atoms with Gasteiger partial charge in [-0.2, -0.15) is 0 Å². The van der Waals surface area contributed by atoms with Crippen LogP contribution in [0.1, 0.15) is 19.8 Å². The fraction of sp³-hybridized carbons (Fsp3) is 0.875. The van der Waals surface area contributed by atoms with Gasteiger partial charge < -0.3 is 5.32 Å². The molecule has 0 radical (unpaired) electrons. The Bertz CT molecular complexity index is 120. The van der Waals surface area contributed by atoms with E-state index in [1.807, 2.05) is 13.3 Å². The van der Waals surface area contributed by atoms with Crippen LogP contribution in [-0.4, -0.2) is 25.8 Å². The van der Waals surface area contributed by atoms with Gasteiger partial charge in [0.25, 0.3) is 0 Å². The first-order valence-electron chi connectivity index (χ1n) is 4.04. The van der Waals surface area contributed by atoms with Crippen molar-refractivity contribution in [2.24, 2.45) is 10.9 Å². The molecule has 0 saturated carbocycles. The molecule has 0 aliphatic carbocycles. The summed E-state index contributed by atoms with van der Waals surface area (Å²) < 4.78 is 0. The second-order valence-electron chi connectivity index (χ2n) is 2.92. The summed E-state index contributed by atoms with van der Waals surface area (Å²) in [6.45, 7) is 3.27. The molecule has 0 aromatic heterocycles. The lowest BCUT2D eigenvalue weighted by Gasteiger charge is -2.22. The van der Waals surface area contributed by atoms with Crippen molar-refractivity contribution < 1.29 is 0 Å². The van der Waals surface area contributed by atoms with Crippen molar-refractivity contribution in [1.29, 1.82) is 0 Å². The fourth-order valence-corrected chi connectivity index (χ4v) is 1.32. The molecular weight excluding hydrogens is 124 g/mol. The lowest BCUT2D eigenvalue weighted by molar-refractivity contribution is 0.430. The van der Waals surface area contributed by atoms with Gasteiger partial charge >= 0.3 is 0 Å². The molecule has 10 heavy (non-hydrogen) atoms. The molecule has 2 nitrogen and oxygen atoms in total. The topological polar surface area (TPSA) is 24.4 Å². The van der Waals surface area contributed by atoms with Crippen LogP contribution in [0.3, 0.4) is 0 Å². The number of hydrogen-bond acceptors (Lipinski definition) is 2. The lowest BCUT2D eigenvalue weighted by Crippen LogP contribution is -2.33. The second kappa shape index (κ2) is 3.71. The van der Waals surface area contributed by atoms with Gasteiger partial charge in [0.05, 0.1) is 0 Å². The summed E-state index contributed by atoms with van der Waals surface area (Å²) in [7, 11) is 1.99. The van der Waals surface area contributed by atoms with Crippen molar-refractivity contribution in [3.63, 3.8) is 0 Å². The molecule has 0 amide bonds. The zero-order chi connectivity index (χ0) is 7.40. The smallest absolute Gasteiger partial charge is 0.0421 e. The third kappa shape index (κ3) is 1.81. The van der Waals surface area contributed by atoms with Gasteiger partial charge in [-0.1, -0.05) is 13.3 Å². The van der Waals surface area contributed by atoms with Crippen LogP contribution >= 0.6 is 0 Å². The van der Waals surface area contributed by atoms with Crippen LogP contribution in [0.15, 0.2) is 4.99 Å². The number of hydrogen-bond donors (Lipinski definition) is 1. The molecule has 0 aromatic carbocycles. The van der Waals surface area contributed by atoms with E-state index < -0.39 is 0 Å². The van der Waals surface area contributed by atoms with Gasteiger partial charge in [0.2, 0.25) is 0 Å². The summed E-state index contributed by atoms with van der Waals surface area (Å²) in [5, 5.41) is 3.22. The van der Waals surface area contributed by atoms with E-state index in [2.05, 4.69) is 17.2 Å². The van der Waals surface area contributed by atoms with Crippen LogP contribution in [0.4, 0.5) is 0 Å². The maximum atomic E-state index is 4.29. The van der Waals surface area contributed by atoms with Crippen LogP contribution in [0.2, 0.25) is 0 Å². The zero-order valence-corrected chi connectivity index (χ0v) is 6.80. The molecule has 0 aromatic rings. The van der Waals surface area contributed by atoms with E-state index in [4.69, 9.17) is 0 Å². The van der Waals surface area contributed by atoms with E-state index in [0.717, 1.165) is 12.5 Å². The maximum Gasteiger partial charge on any atom is 0.0421 e. The number of rotatable bonds is 2. The van der Waals surface area contributed by atoms with Crippen LogP contribution in [0, 0.1) is 5.92 Å². The molecule has 58 valence electrons. The van der Waals surface area contributed by atoms with E-state index in [0.29, 0.717) is 6.04 Å². The minimum atomic E-state index is 0.527. The highest BCUT2D eigenvalue weighted by Gasteiger charge is 2.14. The summed E-state index contributed by atoms with van der Waals surface area (Å²) >= 11 is 0. The van der Waals surface area contributed by atoms with Gasteiger partial charge in [0, 0.05) is 18.8 Å². The fourth-order valence-electron chi connectivity index (χ4n) is 1.32. The maximum absolute atomic E-state index is 4.29. The molecule has 2 unspecified atom stereocenters. The third-order valence-electron chi connectivity index (χ3n) is 2.18. The van der Waals surface area contributed by atoms with Gasteiger partial charge in [-0.3, -0.25) is 4.99 Å². The molecule has 0 fully saturated rings. The Kier molecular flexibility index (Phi) is 2.87. The largest absolute Gasteiger partial charge is 0.312 e. The van der Waals surface area contributed by atoms with Gasteiger partial charge in [-0.05, 0) is 19.4 Å². The molecule has 0 bridgehead atoms. The Hall–Kier alpha value is -0.370. The average Bonchev–Trinajstić information content (AvgIpc) is 2.05. The van der Waals surface area contributed by atoms with E-state index in [9.17, 15) is 0 Å². The molecule has 1 N–H and O–H groups in total. The van der Waals surface area contributed by atoms with E-state index >= 15 is 0 Å². The molecule has 2 heteroatoms. The second-order valence-corrected chi connectivity index (χ2v) is 2.92. The summed E-state index contributed by atoms with van der Waals surface area (Å²) in [5.41, 5.74) is 0. The molecule has 0 spiro atoms. The standard InChI is InChI=1S/C8H16N2/c1-3-7-4-8(9-2)6-10-5-7/h6-9H,3-5H2,1-2H3. The highest BCUT2D eigenvalue weighted by atomic mass is 14.9. The van der Waals surface area contributed by atoms with E-state index in [-0.39, 0.29) is 0 Å². The Morgan fingerprint density at radius 3 is 3.10 bits per heavy atom. The van der Waals surface area contributed by atoms with Crippen LogP contribution in [0.5, 0.6) is 0 Å². The van der Waals surface area contributed by atoms with Crippen molar-refractivity contribution in [3.05, 3.63) is 0 Å². The van der Waals surface area contributed by atoms with Crippen molar-refractivity contribution >= 4 is 6.21 Å². The Balaban J connectivity index is 2.38. The highest BCUT2D eigenvalue weighted by molar-refractivity contribution is 5.65. The molecular formula is C8H16N2. The molecule has 1 rings (SSSR count). The highest BCUT2D eigenvalue weighted by Crippen LogP contribution is 2.14. The van der Waals surface area contributed by atoms with Crippen LogP contribution in [-0.2, 0) is 0 Å². The number of aliphatic imine (C=N–C) groups is 1. The molecule has 1 heterocycles. The molecule has 2 atom stereocenters. The van der Waals surface area contributed by atoms with Gasteiger partial charge in [0.15, 0.2) is 0 Å². The number of nitrogens with zero attached hydrogens (tertiary/aromatic N) is 1. The average molecular weight is 140 g/mol. The number of nitrogens with one attached hydrogen (secondary N) is 1. The Morgan fingerprint density at radius 2 is 2.50 bits per heavy atom. The summed E-state index contributed by atoms with van der Waals surface area (Å²) in [6.07, 6.45) is 4.55. The first kappa shape index (κ1) is 7.73. The Morgan fingerprint density at radius 1 is 1.70 bits per heavy atom. The first-order chi connectivity index (χ1) is 4.86. The molecule has 1 aliphatic heterocycles. The quantitative estimate of drug-likeness (QED) is 0.609. The summed E-state index contributed by atoms with van der Waals surface area (Å²) in [5.74, 6) is 0.808. The minimum absolute atomic E-state index is 0.527. The van der Waals surface area contributed by atoms with Gasteiger partial charge in [-0.15, -0.1) is 0 Å². The van der Waals surface area contributed by atoms with Crippen molar-refractivity contribution in [2.75, 3.05) is 13.6 Å². The monoisotopic (exact) mass is 140 g/mol. The molecule has 1 aliphatic rings. The van der Waals surface area contributed by atoms with Crippen LogP contribution in [0.25, 0.3) is 0 Å².